The molecule has 2 aromatic heterocycles. The number of anilines is 1. The fraction of sp³-hybridized carbons (Fsp3) is 0. The number of fused-ring (bicyclic) bond motifs is 1. The topological polar surface area (TPSA) is 38.9 Å². The van der Waals surface area contributed by atoms with Crippen molar-refractivity contribution >= 4 is 38.8 Å². The van der Waals surface area contributed by atoms with Gasteiger partial charge in [0.05, 0.1) is 10.7 Å². The van der Waals surface area contributed by atoms with Crippen molar-refractivity contribution in [2.75, 3.05) is 5.73 Å². The Morgan fingerprint density at radius 2 is 2.36 bits per heavy atom. The van der Waals surface area contributed by atoms with Crippen molar-refractivity contribution < 1.29 is 0 Å². The quantitative estimate of drug-likeness (QED) is 0.684. The number of pyridine rings is 1. The molecular weight excluding hydrogens is 180 g/mol. The highest BCUT2D eigenvalue weighted by Gasteiger charge is 2.01. The van der Waals surface area contributed by atoms with Crippen LogP contribution in [-0.2, 0) is 0 Å². The lowest BCUT2D eigenvalue weighted by atomic mass is 10.3. The number of nitrogen functional groups attached to an aromatic ring is 1. The minimum Gasteiger partial charge on any atom is -0.398 e. The van der Waals surface area contributed by atoms with E-state index in [1.165, 1.54) is 11.3 Å². The van der Waals surface area contributed by atoms with Gasteiger partial charge < -0.3 is 5.73 Å². The summed E-state index contributed by atoms with van der Waals surface area (Å²) in [7, 11) is 0. The molecular formula is C7H5ClN2S. The molecule has 0 aliphatic rings. The first-order valence-corrected chi connectivity index (χ1v) is 4.31. The molecule has 0 bridgehead atoms. The summed E-state index contributed by atoms with van der Waals surface area (Å²) in [6, 6.07) is 1.83. The van der Waals surface area contributed by atoms with Gasteiger partial charge in [-0.05, 0) is 6.07 Å². The van der Waals surface area contributed by atoms with Gasteiger partial charge in [0, 0.05) is 17.0 Å². The second kappa shape index (κ2) is 2.36. The Labute approximate surface area is 72.6 Å². The highest BCUT2D eigenvalue weighted by atomic mass is 35.5. The molecule has 0 atom stereocenters. The zero-order valence-corrected chi connectivity index (χ0v) is 7.12. The van der Waals surface area contributed by atoms with Crippen LogP contribution < -0.4 is 5.73 Å². The highest BCUT2D eigenvalue weighted by Crippen LogP contribution is 2.27. The predicted molar refractivity (Wildman–Crippen MR) is 49.0 cm³/mol. The van der Waals surface area contributed by atoms with Gasteiger partial charge in [0.2, 0.25) is 0 Å². The first-order chi connectivity index (χ1) is 5.27. The van der Waals surface area contributed by atoms with E-state index >= 15 is 0 Å². The number of thiophene rings is 1. The molecule has 0 saturated heterocycles. The van der Waals surface area contributed by atoms with E-state index in [9.17, 15) is 0 Å². The maximum absolute atomic E-state index is 5.73. The standard InChI is InChI=1S/C7H5ClN2S/c8-4-1-5-6(9)3-11-7(5)10-2-4/h1-3H,9H2. The Hall–Kier alpha value is -0.800. The van der Waals surface area contributed by atoms with Crippen molar-refractivity contribution in [2.24, 2.45) is 0 Å². The van der Waals surface area contributed by atoms with Crippen molar-refractivity contribution in [1.29, 1.82) is 0 Å². The molecule has 2 heterocycles. The maximum atomic E-state index is 5.73. The van der Waals surface area contributed by atoms with Gasteiger partial charge in [0.1, 0.15) is 4.83 Å². The number of nitrogens with zero attached hydrogens (tertiary/aromatic N) is 1. The molecule has 2 N–H and O–H groups in total. The summed E-state index contributed by atoms with van der Waals surface area (Å²) < 4.78 is 0. The molecule has 0 unspecified atom stereocenters. The summed E-state index contributed by atoms with van der Waals surface area (Å²) >= 11 is 7.26. The number of halogens is 1. The van der Waals surface area contributed by atoms with E-state index in [2.05, 4.69) is 4.98 Å². The van der Waals surface area contributed by atoms with Crippen LogP contribution in [0.5, 0.6) is 0 Å². The minimum atomic E-state index is 0.627. The summed E-state index contributed by atoms with van der Waals surface area (Å²) in [6.07, 6.45) is 1.62. The lowest BCUT2D eigenvalue weighted by Gasteiger charge is -1.90. The van der Waals surface area contributed by atoms with Crippen molar-refractivity contribution in [3.8, 4) is 0 Å². The second-order valence-electron chi connectivity index (χ2n) is 2.20. The zero-order valence-electron chi connectivity index (χ0n) is 5.54. The highest BCUT2D eigenvalue weighted by molar-refractivity contribution is 7.17. The molecule has 0 amide bonds. The van der Waals surface area contributed by atoms with Crippen molar-refractivity contribution in [3.63, 3.8) is 0 Å². The first-order valence-electron chi connectivity index (χ1n) is 3.05. The van der Waals surface area contributed by atoms with Crippen LogP contribution >= 0.6 is 22.9 Å². The van der Waals surface area contributed by atoms with Crippen LogP contribution in [0.15, 0.2) is 17.6 Å². The van der Waals surface area contributed by atoms with E-state index in [0.29, 0.717) is 5.02 Å². The molecule has 0 fully saturated rings. The largest absolute Gasteiger partial charge is 0.398 e. The van der Waals surface area contributed by atoms with Gasteiger partial charge in [-0.2, -0.15) is 0 Å². The summed E-state index contributed by atoms with van der Waals surface area (Å²) in [5.41, 5.74) is 6.41. The molecule has 0 aliphatic carbocycles. The van der Waals surface area contributed by atoms with Crippen LogP contribution in [0.1, 0.15) is 0 Å². The lowest BCUT2D eigenvalue weighted by Crippen LogP contribution is -1.80. The predicted octanol–water partition coefficient (Wildman–Crippen LogP) is 2.53. The fourth-order valence-corrected chi connectivity index (χ4v) is 1.85. The summed E-state index contributed by atoms with van der Waals surface area (Å²) in [6.45, 7) is 0. The normalized spacial score (nSPS) is 10.6. The van der Waals surface area contributed by atoms with Gasteiger partial charge >= 0.3 is 0 Å². The Morgan fingerprint density at radius 3 is 3.18 bits per heavy atom. The third-order valence-corrected chi connectivity index (χ3v) is 2.55. The number of hydrogen-bond donors (Lipinski definition) is 1. The molecule has 4 heteroatoms. The van der Waals surface area contributed by atoms with Crippen LogP contribution in [0.3, 0.4) is 0 Å². The molecule has 11 heavy (non-hydrogen) atoms. The van der Waals surface area contributed by atoms with Gasteiger partial charge in [-0.25, -0.2) is 4.98 Å². The fourth-order valence-electron chi connectivity index (χ4n) is 0.910. The van der Waals surface area contributed by atoms with Gasteiger partial charge in [0.15, 0.2) is 0 Å². The first kappa shape index (κ1) is 6.88. The summed E-state index contributed by atoms with van der Waals surface area (Å²) in [5, 5.41) is 3.44. The SMILES string of the molecule is Nc1csc2ncc(Cl)cc12. The molecule has 0 aromatic carbocycles. The Kier molecular flexibility index (Phi) is 1.47. The van der Waals surface area contributed by atoms with Crippen molar-refractivity contribution in [1.82, 2.24) is 4.98 Å². The molecule has 2 rings (SSSR count). The van der Waals surface area contributed by atoms with Gasteiger partial charge in [0.25, 0.3) is 0 Å². The lowest BCUT2D eigenvalue weighted by molar-refractivity contribution is 1.45. The number of aromatic nitrogens is 1. The Balaban J connectivity index is 2.87. The van der Waals surface area contributed by atoms with E-state index in [1.807, 2.05) is 11.4 Å². The average Bonchev–Trinajstić information content (AvgIpc) is 2.33. The molecule has 0 aliphatic heterocycles. The molecule has 0 spiro atoms. The van der Waals surface area contributed by atoms with Crippen LogP contribution in [0.2, 0.25) is 5.02 Å². The van der Waals surface area contributed by atoms with Gasteiger partial charge in [-0.1, -0.05) is 11.6 Å². The minimum absolute atomic E-state index is 0.627. The number of hydrogen-bond acceptors (Lipinski definition) is 3. The molecule has 2 aromatic rings. The van der Waals surface area contributed by atoms with Crippen LogP contribution in [0.25, 0.3) is 10.2 Å². The molecule has 0 radical (unpaired) electrons. The van der Waals surface area contributed by atoms with Crippen LogP contribution in [0.4, 0.5) is 5.69 Å². The van der Waals surface area contributed by atoms with E-state index in [0.717, 1.165) is 15.9 Å². The van der Waals surface area contributed by atoms with Crippen molar-refractivity contribution in [2.45, 2.75) is 0 Å². The van der Waals surface area contributed by atoms with Crippen molar-refractivity contribution in [3.05, 3.63) is 22.7 Å². The van der Waals surface area contributed by atoms with Crippen LogP contribution in [-0.4, -0.2) is 4.98 Å². The summed E-state index contributed by atoms with van der Waals surface area (Å²) in [4.78, 5) is 5.05. The van der Waals surface area contributed by atoms with E-state index in [-0.39, 0.29) is 0 Å². The monoisotopic (exact) mass is 184 g/mol. The van der Waals surface area contributed by atoms with Gasteiger partial charge in [-0.15, -0.1) is 11.3 Å². The number of rotatable bonds is 0. The second-order valence-corrected chi connectivity index (χ2v) is 3.49. The van der Waals surface area contributed by atoms with Crippen LogP contribution in [0, 0.1) is 0 Å². The Bertz CT molecular complexity index is 396. The third-order valence-electron chi connectivity index (χ3n) is 1.43. The van der Waals surface area contributed by atoms with Gasteiger partial charge in [-0.3, -0.25) is 0 Å². The van der Waals surface area contributed by atoms with E-state index < -0.39 is 0 Å². The smallest absolute Gasteiger partial charge is 0.125 e. The molecule has 56 valence electrons. The Morgan fingerprint density at radius 1 is 1.55 bits per heavy atom. The average molecular weight is 185 g/mol. The van der Waals surface area contributed by atoms with E-state index in [4.69, 9.17) is 17.3 Å². The molecule has 2 nitrogen and oxygen atoms in total. The molecule has 0 saturated carbocycles. The number of nitrogens with two attached hydrogens (primary N) is 1. The maximum Gasteiger partial charge on any atom is 0.125 e. The van der Waals surface area contributed by atoms with E-state index in [1.54, 1.807) is 6.20 Å². The summed E-state index contributed by atoms with van der Waals surface area (Å²) in [5.74, 6) is 0. The third kappa shape index (κ3) is 1.06. The zero-order chi connectivity index (χ0) is 7.84.